The Bertz CT molecular complexity index is 716. The van der Waals surface area contributed by atoms with Crippen molar-refractivity contribution >= 4 is 29.2 Å². The summed E-state index contributed by atoms with van der Waals surface area (Å²) in [6.07, 6.45) is 3.23. The van der Waals surface area contributed by atoms with Gasteiger partial charge in [-0.15, -0.1) is 0 Å². The van der Waals surface area contributed by atoms with Crippen molar-refractivity contribution in [2.24, 2.45) is 0 Å². The summed E-state index contributed by atoms with van der Waals surface area (Å²) in [5.74, 6) is -0.0319. The van der Waals surface area contributed by atoms with Crippen molar-refractivity contribution in [3.63, 3.8) is 0 Å². The molecule has 0 bridgehead atoms. The number of carbonyl (C=O) groups is 2. The molecule has 168 valence electrons. The molecular formula is C21H32ClN3O5. The van der Waals surface area contributed by atoms with Gasteiger partial charge in [0.1, 0.15) is 5.75 Å². The Labute approximate surface area is 183 Å². The number of hydrogen-bond acceptors (Lipinski definition) is 7. The Hall–Kier alpha value is -2.03. The summed E-state index contributed by atoms with van der Waals surface area (Å²) in [5, 5.41) is 3.20. The van der Waals surface area contributed by atoms with Gasteiger partial charge in [0.05, 0.1) is 42.7 Å². The maximum absolute atomic E-state index is 12.6. The summed E-state index contributed by atoms with van der Waals surface area (Å²) in [4.78, 5) is 26.2. The van der Waals surface area contributed by atoms with Crippen molar-refractivity contribution in [3.8, 4) is 5.75 Å². The number of anilines is 1. The molecule has 1 saturated heterocycles. The predicted molar refractivity (Wildman–Crippen MR) is 116 cm³/mol. The molecule has 0 radical (unpaired) electrons. The van der Waals surface area contributed by atoms with Crippen LogP contribution in [0, 0.1) is 0 Å². The van der Waals surface area contributed by atoms with E-state index in [4.69, 9.17) is 31.5 Å². The van der Waals surface area contributed by atoms with E-state index in [1.54, 1.807) is 0 Å². The predicted octanol–water partition coefficient (Wildman–Crippen LogP) is 2.48. The van der Waals surface area contributed by atoms with Gasteiger partial charge in [-0.3, -0.25) is 14.5 Å². The Morgan fingerprint density at radius 1 is 1.33 bits per heavy atom. The highest BCUT2D eigenvalue weighted by Gasteiger charge is 2.22. The lowest BCUT2D eigenvalue weighted by Crippen LogP contribution is -2.47. The molecule has 1 aliphatic rings. The van der Waals surface area contributed by atoms with Crippen LogP contribution in [0.25, 0.3) is 0 Å². The third-order valence-electron chi connectivity index (χ3n) is 4.94. The number of ether oxygens (including phenoxy) is 3. The number of amides is 1. The number of unbranched alkanes of at least 4 members (excludes halogenated alkanes) is 2. The Morgan fingerprint density at radius 3 is 2.87 bits per heavy atom. The topological polar surface area (TPSA) is 103 Å². The first-order valence-electron chi connectivity index (χ1n) is 10.3. The minimum atomic E-state index is -0.284. The fourth-order valence-corrected chi connectivity index (χ4v) is 3.50. The number of esters is 1. The molecule has 0 unspecified atom stereocenters. The number of carbonyl (C=O) groups excluding carboxylic acids is 2. The summed E-state index contributed by atoms with van der Waals surface area (Å²) < 4.78 is 16.0. The standard InChI is InChI=1S/C21H32ClN3O5/c1-3-29-20(26)7-5-4-6-8-25-9-10-30-15(14-25)13-24-21(27)16-11-17(22)18(23)12-19(16)28-2/h11-12,15H,3-10,13-14,23H2,1-2H3,(H,24,27)/t15-/m1/s1. The second-order valence-electron chi connectivity index (χ2n) is 7.19. The van der Waals surface area contributed by atoms with Gasteiger partial charge in [0.15, 0.2) is 0 Å². The molecule has 1 aliphatic heterocycles. The van der Waals surface area contributed by atoms with Crippen LogP contribution >= 0.6 is 11.6 Å². The average Bonchev–Trinajstić information content (AvgIpc) is 2.74. The van der Waals surface area contributed by atoms with Gasteiger partial charge in [0, 0.05) is 32.1 Å². The van der Waals surface area contributed by atoms with Crippen LogP contribution in [-0.4, -0.2) is 69.4 Å². The molecule has 0 spiro atoms. The third kappa shape index (κ3) is 7.66. The van der Waals surface area contributed by atoms with Crippen molar-refractivity contribution < 1.29 is 23.8 Å². The molecule has 1 amide bonds. The number of nitrogen functional groups attached to an aromatic ring is 1. The minimum absolute atomic E-state index is 0.0857. The van der Waals surface area contributed by atoms with E-state index in [0.717, 1.165) is 38.9 Å². The second kappa shape index (κ2) is 12.6. The van der Waals surface area contributed by atoms with Crippen LogP contribution in [0.3, 0.4) is 0 Å². The quantitative estimate of drug-likeness (QED) is 0.309. The molecule has 3 N–H and O–H groups in total. The molecule has 30 heavy (non-hydrogen) atoms. The SMILES string of the molecule is CCOC(=O)CCCCCN1CCO[C@H](CNC(=O)c2cc(Cl)c(N)cc2OC)C1. The van der Waals surface area contributed by atoms with Crippen molar-refractivity contribution in [2.75, 3.05) is 52.2 Å². The maximum atomic E-state index is 12.6. The van der Waals surface area contributed by atoms with Gasteiger partial charge in [-0.2, -0.15) is 0 Å². The Kier molecular flexibility index (Phi) is 10.2. The number of nitrogens with two attached hydrogens (primary N) is 1. The minimum Gasteiger partial charge on any atom is -0.496 e. The zero-order valence-corrected chi connectivity index (χ0v) is 18.5. The molecule has 1 aromatic carbocycles. The number of halogens is 1. The molecule has 1 atom stereocenters. The second-order valence-corrected chi connectivity index (χ2v) is 7.60. The van der Waals surface area contributed by atoms with Crippen LogP contribution in [0.1, 0.15) is 43.0 Å². The molecule has 9 heteroatoms. The molecule has 1 heterocycles. The molecule has 1 aromatic rings. The Morgan fingerprint density at radius 2 is 2.13 bits per heavy atom. The van der Waals surface area contributed by atoms with E-state index in [0.29, 0.717) is 48.2 Å². The van der Waals surface area contributed by atoms with Crippen molar-refractivity contribution in [3.05, 3.63) is 22.7 Å². The smallest absolute Gasteiger partial charge is 0.305 e. The fraction of sp³-hybridized carbons (Fsp3) is 0.619. The summed E-state index contributed by atoms with van der Waals surface area (Å²) in [6.45, 7) is 5.82. The molecule has 0 aliphatic carbocycles. The number of nitrogens with zero attached hydrogens (tertiary/aromatic N) is 1. The monoisotopic (exact) mass is 441 g/mol. The first-order chi connectivity index (χ1) is 14.4. The molecule has 8 nitrogen and oxygen atoms in total. The van der Waals surface area contributed by atoms with Crippen LogP contribution in [-0.2, 0) is 14.3 Å². The highest BCUT2D eigenvalue weighted by molar-refractivity contribution is 6.33. The molecule has 1 fully saturated rings. The number of rotatable bonds is 11. The number of hydrogen-bond donors (Lipinski definition) is 2. The number of benzene rings is 1. The number of nitrogens with one attached hydrogen (secondary N) is 1. The van der Waals surface area contributed by atoms with Crippen LogP contribution in [0.5, 0.6) is 5.75 Å². The number of morpholine rings is 1. The van der Waals surface area contributed by atoms with Gasteiger partial charge in [-0.1, -0.05) is 18.0 Å². The van der Waals surface area contributed by atoms with Gasteiger partial charge in [0.2, 0.25) is 0 Å². The first-order valence-corrected chi connectivity index (χ1v) is 10.7. The van der Waals surface area contributed by atoms with E-state index >= 15 is 0 Å². The lowest BCUT2D eigenvalue weighted by atomic mass is 10.1. The summed E-state index contributed by atoms with van der Waals surface area (Å²) >= 11 is 6.04. The van der Waals surface area contributed by atoms with E-state index in [1.807, 2.05) is 6.92 Å². The summed E-state index contributed by atoms with van der Waals surface area (Å²) in [6, 6.07) is 3.05. The van der Waals surface area contributed by atoms with Gasteiger partial charge in [-0.05, 0) is 32.4 Å². The largest absolute Gasteiger partial charge is 0.496 e. The summed E-state index contributed by atoms with van der Waals surface area (Å²) in [5.41, 5.74) is 6.47. The van der Waals surface area contributed by atoms with E-state index in [2.05, 4.69) is 10.2 Å². The highest BCUT2D eigenvalue weighted by Crippen LogP contribution is 2.28. The van der Waals surface area contributed by atoms with Crippen molar-refractivity contribution in [2.45, 2.75) is 38.7 Å². The van der Waals surface area contributed by atoms with Crippen LogP contribution in [0.15, 0.2) is 12.1 Å². The van der Waals surface area contributed by atoms with Crippen LogP contribution < -0.4 is 15.8 Å². The summed E-state index contributed by atoms with van der Waals surface area (Å²) in [7, 11) is 1.48. The lowest BCUT2D eigenvalue weighted by molar-refractivity contribution is -0.143. The molecule has 2 rings (SSSR count). The van der Waals surface area contributed by atoms with E-state index < -0.39 is 0 Å². The van der Waals surface area contributed by atoms with Gasteiger partial charge in [0.25, 0.3) is 5.91 Å². The van der Waals surface area contributed by atoms with Crippen molar-refractivity contribution in [1.82, 2.24) is 10.2 Å². The molecule has 0 saturated carbocycles. The van der Waals surface area contributed by atoms with Crippen LogP contribution in [0.2, 0.25) is 5.02 Å². The fourth-order valence-electron chi connectivity index (χ4n) is 3.34. The third-order valence-corrected chi connectivity index (χ3v) is 5.26. The first kappa shape index (κ1) is 24.2. The maximum Gasteiger partial charge on any atom is 0.305 e. The Balaban J connectivity index is 1.73. The molecular weight excluding hydrogens is 410 g/mol. The van der Waals surface area contributed by atoms with E-state index in [1.165, 1.54) is 19.2 Å². The number of methoxy groups -OCH3 is 1. The van der Waals surface area contributed by atoms with Gasteiger partial charge >= 0.3 is 5.97 Å². The van der Waals surface area contributed by atoms with E-state index in [-0.39, 0.29) is 18.0 Å². The van der Waals surface area contributed by atoms with Gasteiger partial charge < -0.3 is 25.3 Å². The average molecular weight is 442 g/mol. The molecule has 0 aromatic heterocycles. The van der Waals surface area contributed by atoms with Crippen LogP contribution in [0.4, 0.5) is 5.69 Å². The van der Waals surface area contributed by atoms with Crippen molar-refractivity contribution in [1.29, 1.82) is 0 Å². The van der Waals surface area contributed by atoms with Gasteiger partial charge in [-0.25, -0.2) is 0 Å². The van der Waals surface area contributed by atoms with E-state index in [9.17, 15) is 9.59 Å². The highest BCUT2D eigenvalue weighted by atomic mass is 35.5. The lowest BCUT2D eigenvalue weighted by Gasteiger charge is -2.33. The zero-order valence-electron chi connectivity index (χ0n) is 17.7. The normalized spacial score (nSPS) is 16.8. The zero-order chi connectivity index (χ0) is 21.9.